The number of hydrogen-bond donors (Lipinski definition) is 2. The predicted octanol–water partition coefficient (Wildman–Crippen LogP) is 3.14. The molecule has 2 aromatic carbocycles. The van der Waals surface area contributed by atoms with Crippen molar-refractivity contribution >= 4 is 17.1 Å². The quantitative estimate of drug-likeness (QED) is 0.653. The van der Waals surface area contributed by atoms with Gasteiger partial charge in [-0.3, -0.25) is 14.8 Å². The minimum absolute atomic E-state index is 0.00985. The Morgan fingerprint density at radius 1 is 1.07 bits per heavy atom. The summed E-state index contributed by atoms with van der Waals surface area (Å²) in [6.07, 6.45) is 0.401. The molecule has 7 nitrogen and oxygen atoms in total. The number of H-pyrrole nitrogens is 1. The molecular weight excluding hydrogens is 368 g/mol. The molecule has 3 rings (SSSR count). The summed E-state index contributed by atoms with van der Waals surface area (Å²) in [5.74, 6) is -0.423. The predicted molar refractivity (Wildman–Crippen MR) is 116 cm³/mol. The zero-order valence-corrected chi connectivity index (χ0v) is 16.9. The number of nitrogens with one attached hydrogen (secondary N) is 1. The smallest absolute Gasteiger partial charge is 0.335 e. The number of aliphatic imine (C=N–C) groups is 1. The van der Waals surface area contributed by atoms with Crippen molar-refractivity contribution in [2.45, 2.75) is 20.3 Å². The number of aromatic nitrogens is 2. The summed E-state index contributed by atoms with van der Waals surface area (Å²) in [5.41, 5.74) is 2.16. The summed E-state index contributed by atoms with van der Waals surface area (Å²) < 4.78 is 1.08. The summed E-state index contributed by atoms with van der Waals surface area (Å²) in [4.78, 5) is 33.7. The Morgan fingerprint density at radius 2 is 1.69 bits per heavy atom. The third-order valence-corrected chi connectivity index (χ3v) is 4.63. The van der Waals surface area contributed by atoms with Crippen molar-refractivity contribution in [2.24, 2.45) is 4.99 Å². The van der Waals surface area contributed by atoms with Gasteiger partial charge in [0.05, 0.1) is 17.1 Å². The minimum Gasteiger partial charge on any atom is -0.493 e. The van der Waals surface area contributed by atoms with Crippen LogP contribution < -0.4 is 16.1 Å². The molecule has 0 spiro atoms. The van der Waals surface area contributed by atoms with Crippen molar-refractivity contribution in [3.63, 3.8) is 0 Å². The molecule has 0 aliphatic carbocycles. The van der Waals surface area contributed by atoms with Crippen molar-refractivity contribution < 1.29 is 5.11 Å². The highest BCUT2D eigenvalue weighted by Gasteiger charge is 2.19. The van der Waals surface area contributed by atoms with E-state index in [1.165, 1.54) is 0 Å². The highest BCUT2D eigenvalue weighted by molar-refractivity contribution is 6.03. The van der Waals surface area contributed by atoms with Crippen molar-refractivity contribution in [1.29, 1.82) is 0 Å². The first kappa shape index (κ1) is 20.1. The number of aryl methyl sites for hydroxylation is 1. The number of anilines is 1. The maximum absolute atomic E-state index is 12.5. The number of hydrogen-bond acceptors (Lipinski definition) is 5. The van der Waals surface area contributed by atoms with E-state index in [4.69, 9.17) is 0 Å². The van der Waals surface area contributed by atoms with Crippen LogP contribution in [0.1, 0.15) is 24.5 Å². The van der Waals surface area contributed by atoms with Gasteiger partial charge in [-0.1, -0.05) is 24.6 Å². The first-order valence-electron chi connectivity index (χ1n) is 9.32. The zero-order chi connectivity index (χ0) is 21.1. The molecule has 1 aromatic heterocycles. The zero-order valence-electron chi connectivity index (χ0n) is 16.9. The molecule has 0 atom stereocenters. The lowest BCUT2D eigenvalue weighted by Gasteiger charge is -2.13. The number of nitrogens with zero attached hydrogens (tertiary/aromatic N) is 3. The van der Waals surface area contributed by atoms with Crippen LogP contribution in [-0.4, -0.2) is 34.5 Å². The number of aromatic hydroxyl groups is 1. The van der Waals surface area contributed by atoms with Crippen molar-refractivity contribution in [1.82, 2.24) is 9.55 Å². The van der Waals surface area contributed by atoms with Gasteiger partial charge in [0.1, 0.15) is 5.56 Å². The van der Waals surface area contributed by atoms with Crippen LogP contribution in [0.15, 0.2) is 63.1 Å². The van der Waals surface area contributed by atoms with Gasteiger partial charge in [0.25, 0.3) is 5.56 Å². The molecule has 7 heteroatoms. The number of rotatable bonds is 5. The van der Waals surface area contributed by atoms with E-state index in [1.54, 1.807) is 12.1 Å². The van der Waals surface area contributed by atoms with Gasteiger partial charge < -0.3 is 10.0 Å². The van der Waals surface area contributed by atoms with Crippen LogP contribution in [0, 0.1) is 6.92 Å². The second-order valence-electron chi connectivity index (χ2n) is 6.95. The van der Waals surface area contributed by atoms with Gasteiger partial charge in [-0.2, -0.15) is 0 Å². The van der Waals surface area contributed by atoms with Crippen LogP contribution in [-0.2, 0) is 0 Å². The van der Waals surface area contributed by atoms with Gasteiger partial charge in [0, 0.05) is 19.8 Å². The van der Waals surface area contributed by atoms with Crippen LogP contribution in [0.4, 0.5) is 11.4 Å². The lowest BCUT2D eigenvalue weighted by atomic mass is 10.1. The van der Waals surface area contributed by atoms with E-state index >= 15 is 0 Å². The van der Waals surface area contributed by atoms with Crippen LogP contribution in [0.2, 0.25) is 0 Å². The molecule has 0 radical (unpaired) electrons. The van der Waals surface area contributed by atoms with Crippen LogP contribution in [0.3, 0.4) is 0 Å². The van der Waals surface area contributed by atoms with Crippen molar-refractivity contribution in [2.75, 3.05) is 19.0 Å². The van der Waals surface area contributed by atoms with Gasteiger partial charge in [-0.25, -0.2) is 9.36 Å². The average Bonchev–Trinajstić information content (AvgIpc) is 2.68. The Balaban J connectivity index is 2.15. The standard InChI is InChI=1S/C22H24N4O3/c1-5-18(23-15-8-12-16(13-9-15)25(3)4)19-20(27)24-22(29)26(21(19)28)17-10-6-14(2)7-11-17/h6-13,28H,5H2,1-4H3,(H,24,27,29). The maximum Gasteiger partial charge on any atom is 0.335 e. The molecule has 0 amide bonds. The molecule has 0 saturated heterocycles. The molecule has 0 saturated carbocycles. The first-order valence-corrected chi connectivity index (χ1v) is 9.32. The Labute approximate surface area is 168 Å². The molecule has 150 valence electrons. The molecule has 0 aliphatic rings. The van der Waals surface area contributed by atoms with Gasteiger partial charge in [0.15, 0.2) is 0 Å². The van der Waals surface area contributed by atoms with E-state index in [-0.39, 0.29) is 5.56 Å². The Hall–Kier alpha value is -3.61. The fraction of sp³-hybridized carbons (Fsp3) is 0.227. The molecule has 2 N–H and O–H groups in total. The normalized spacial score (nSPS) is 11.5. The molecule has 0 aliphatic heterocycles. The summed E-state index contributed by atoms with van der Waals surface area (Å²) in [6.45, 7) is 3.77. The highest BCUT2D eigenvalue weighted by atomic mass is 16.3. The summed E-state index contributed by atoms with van der Waals surface area (Å²) in [6, 6.07) is 14.6. The summed E-state index contributed by atoms with van der Waals surface area (Å²) in [5, 5.41) is 10.8. The molecular formula is C22H24N4O3. The van der Waals surface area contributed by atoms with Gasteiger partial charge >= 0.3 is 5.69 Å². The number of aromatic amines is 1. The van der Waals surface area contributed by atoms with Crippen LogP contribution in [0.5, 0.6) is 5.88 Å². The van der Waals surface area contributed by atoms with Gasteiger partial charge in [0.2, 0.25) is 5.88 Å². The van der Waals surface area contributed by atoms with Crippen LogP contribution >= 0.6 is 0 Å². The fourth-order valence-electron chi connectivity index (χ4n) is 3.01. The molecule has 0 bridgehead atoms. The van der Waals surface area contributed by atoms with E-state index in [0.717, 1.165) is 15.8 Å². The van der Waals surface area contributed by atoms with E-state index < -0.39 is 17.1 Å². The summed E-state index contributed by atoms with van der Waals surface area (Å²) >= 11 is 0. The SMILES string of the molecule is CCC(=Nc1ccc(N(C)C)cc1)c1c(O)n(-c2ccc(C)cc2)c(=O)[nH]c1=O. The van der Waals surface area contributed by atoms with Crippen molar-refractivity contribution in [3.8, 4) is 11.6 Å². The van der Waals surface area contributed by atoms with Crippen molar-refractivity contribution in [3.05, 3.63) is 80.5 Å². The first-order chi connectivity index (χ1) is 13.8. The largest absolute Gasteiger partial charge is 0.493 e. The third-order valence-electron chi connectivity index (χ3n) is 4.63. The Kier molecular flexibility index (Phi) is 5.68. The fourth-order valence-corrected chi connectivity index (χ4v) is 3.01. The lowest BCUT2D eigenvalue weighted by Crippen LogP contribution is -2.33. The number of benzene rings is 2. The third kappa shape index (κ3) is 4.13. The molecule has 3 aromatic rings. The van der Waals surface area contributed by atoms with Gasteiger partial charge in [-0.05, 0) is 49.7 Å². The highest BCUT2D eigenvalue weighted by Crippen LogP contribution is 2.23. The second kappa shape index (κ2) is 8.18. The Morgan fingerprint density at radius 3 is 2.24 bits per heavy atom. The monoisotopic (exact) mass is 392 g/mol. The lowest BCUT2D eigenvalue weighted by molar-refractivity contribution is 0.429. The van der Waals surface area contributed by atoms with Crippen LogP contribution in [0.25, 0.3) is 5.69 Å². The molecule has 1 heterocycles. The van der Waals surface area contributed by atoms with E-state index in [0.29, 0.717) is 23.5 Å². The molecule has 0 unspecified atom stereocenters. The van der Waals surface area contributed by atoms with Gasteiger partial charge in [-0.15, -0.1) is 0 Å². The minimum atomic E-state index is -0.703. The second-order valence-corrected chi connectivity index (χ2v) is 6.95. The molecule has 0 fully saturated rings. The molecule has 29 heavy (non-hydrogen) atoms. The van der Waals surface area contributed by atoms with E-state index in [9.17, 15) is 14.7 Å². The average molecular weight is 392 g/mol. The topological polar surface area (TPSA) is 90.7 Å². The van der Waals surface area contributed by atoms with E-state index in [1.807, 2.05) is 69.2 Å². The maximum atomic E-state index is 12.5. The Bertz CT molecular complexity index is 1150. The van der Waals surface area contributed by atoms with E-state index in [2.05, 4.69) is 9.98 Å². The summed E-state index contributed by atoms with van der Waals surface area (Å²) in [7, 11) is 3.89.